The summed E-state index contributed by atoms with van der Waals surface area (Å²) in [7, 11) is 0. The molecule has 5 nitrogen and oxygen atoms in total. The van der Waals surface area contributed by atoms with E-state index in [4.69, 9.17) is 16.6 Å². The zero-order valence-electron chi connectivity index (χ0n) is 14.6. The molecule has 1 aliphatic rings. The molecule has 0 saturated carbocycles. The zero-order chi connectivity index (χ0) is 18.2. The van der Waals surface area contributed by atoms with Crippen molar-refractivity contribution in [3.63, 3.8) is 0 Å². The van der Waals surface area contributed by atoms with Crippen molar-refractivity contribution >= 4 is 46.4 Å². The van der Waals surface area contributed by atoms with Gasteiger partial charge in [0, 0.05) is 30.9 Å². The third kappa shape index (κ3) is 5.51. The molecule has 7 heteroatoms. The Balaban J connectivity index is 1.36. The highest BCUT2D eigenvalue weighted by Gasteiger charge is 2.21. The van der Waals surface area contributed by atoms with Gasteiger partial charge in [-0.2, -0.15) is 11.8 Å². The van der Waals surface area contributed by atoms with Crippen molar-refractivity contribution in [2.45, 2.75) is 25.0 Å². The largest absolute Gasteiger partial charge is 0.468 e. The highest BCUT2D eigenvalue weighted by molar-refractivity contribution is 7.98. The van der Waals surface area contributed by atoms with Gasteiger partial charge in [-0.15, -0.1) is 0 Å². The molecule has 0 aliphatic carbocycles. The lowest BCUT2D eigenvalue weighted by molar-refractivity contribution is -0.117. The van der Waals surface area contributed by atoms with Crippen LogP contribution in [0.15, 0.2) is 47.1 Å². The summed E-state index contributed by atoms with van der Waals surface area (Å²) in [6.45, 7) is 1.61. The van der Waals surface area contributed by atoms with Crippen LogP contribution in [0.3, 0.4) is 0 Å². The first-order valence-corrected chi connectivity index (χ1v) is 10.3. The van der Waals surface area contributed by atoms with Crippen molar-refractivity contribution in [2.75, 3.05) is 29.1 Å². The van der Waals surface area contributed by atoms with Gasteiger partial charge in [-0.25, -0.2) is 0 Å². The van der Waals surface area contributed by atoms with Crippen LogP contribution >= 0.6 is 24.0 Å². The van der Waals surface area contributed by atoms with Gasteiger partial charge in [-0.05, 0) is 61.1 Å². The second kappa shape index (κ2) is 9.64. The Labute approximate surface area is 163 Å². The Morgan fingerprint density at radius 3 is 3.00 bits per heavy atom. The Morgan fingerprint density at radius 1 is 1.31 bits per heavy atom. The minimum Gasteiger partial charge on any atom is -0.468 e. The molecule has 1 amide bonds. The second-order valence-electron chi connectivity index (χ2n) is 6.07. The number of amides is 1. The van der Waals surface area contributed by atoms with Gasteiger partial charge in [0.15, 0.2) is 5.11 Å². The van der Waals surface area contributed by atoms with Crippen LogP contribution < -0.4 is 15.5 Å². The fourth-order valence-corrected chi connectivity index (χ4v) is 3.87. The van der Waals surface area contributed by atoms with Gasteiger partial charge >= 0.3 is 0 Å². The molecule has 0 unspecified atom stereocenters. The van der Waals surface area contributed by atoms with E-state index in [0.29, 0.717) is 11.5 Å². The number of nitrogens with zero attached hydrogens (tertiary/aromatic N) is 1. The van der Waals surface area contributed by atoms with E-state index in [1.54, 1.807) is 6.26 Å². The summed E-state index contributed by atoms with van der Waals surface area (Å²) in [6.07, 6.45) is 4.29. The molecule has 1 aromatic carbocycles. The van der Waals surface area contributed by atoms with Gasteiger partial charge in [0.05, 0.1) is 12.0 Å². The van der Waals surface area contributed by atoms with E-state index in [9.17, 15) is 4.79 Å². The van der Waals surface area contributed by atoms with Crippen LogP contribution in [0.25, 0.3) is 0 Å². The Kier molecular flexibility index (Phi) is 6.96. The smallest absolute Gasteiger partial charge is 0.227 e. The molecular formula is C19H23N3O2S2. The predicted molar refractivity (Wildman–Crippen MR) is 112 cm³/mol. The molecule has 0 atom stereocenters. The summed E-state index contributed by atoms with van der Waals surface area (Å²) in [5.41, 5.74) is 1.82. The molecule has 1 aromatic heterocycles. The van der Waals surface area contributed by atoms with Crippen LogP contribution in [-0.4, -0.2) is 29.9 Å². The predicted octanol–water partition coefficient (Wildman–Crippen LogP) is 4.02. The average Bonchev–Trinajstić information content (AvgIpc) is 3.29. The highest BCUT2D eigenvalue weighted by Crippen LogP contribution is 2.24. The quantitative estimate of drug-likeness (QED) is 0.525. The van der Waals surface area contributed by atoms with Crippen molar-refractivity contribution in [1.29, 1.82) is 0 Å². The van der Waals surface area contributed by atoms with Crippen LogP contribution in [0.2, 0.25) is 0 Å². The molecule has 2 N–H and O–H groups in total. The van der Waals surface area contributed by atoms with E-state index in [1.807, 2.05) is 53.1 Å². The SMILES string of the molecule is O=C1CCCN1c1cccc(NC(=S)NCCCSCc2ccco2)c1. The lowest BCUT2D eigenvalue weighted by Gasteiger charge is -2.17. The zero-order valence-corrected chi connectivity index (χ0v) is 16.2. The number of benzene rings is 1. The number of anilines is 2. The van der Waals surface area contributed by atoms with E-state index in [1.165, 1.54) is 0 Å². The monoisotopic (exact) mass is 389 g/mol. The van der Waals surface area contributed by atoms with Gasteiger partial charge in [-0.3, -0.25) is 4.79 Å². The highest BCUT2D eigenvalue weighted by atomic mass is 32.2. The average molecular weight is 390 g/mol. The van der Waals surface area contributed by atoms with Crippen molar-refractivity contribution < 1.29 is 9.21 Å². The molecule has 138 valence electrons. The fraction of sp³-hybridized carbons (Fsp3) is 0.368. The molecule has 0 bridgehead atoms. The lowest BCUT2D eigenvalue weighted by atomic mass is 10.2. The number of hydrogen-bond donors (Lipinski definition) is 2. The number of rotatable bonds is 8. The lowest BCUT2D eigenvalue weighted by Crippen LogP contribution is -2.29. The molecule has 2 heterocycles. The van der Waals surface area contributed by atoms with Crippen LogP contribution in [0.4, 0.5) is 11.4 Å². The first-order valence-electron chi connectivity index (χ1n) is 8.78. The first kappa shape index (κ1) is 18.8. The normalized spacial score (nSPS) is 13.8. The minimum absolute atomic E-state index is 0.190. The molecule has 26 heavy (non-hydrogen) atoms. The molecule has 2 aromatic rings. The summed E-state index contributed by atoms with van der Waals surface area (Å²) >= 11 is 7.20. The maximum atomic E-state index is 11.9. The second-order valence-corrected chi connectivity index (χ2v) is 7.58. The third-order valence-corrected chi connectivity index (χ3v) is 5.38. The van der Waals surface area contributed by atoms with Crippen LogP contribution in [0.5, 0.6) is 0 Å². The van der Waals surface area contributed by atoms with Gasteiger partial charge in [0.25, 0.3) is 0 Å². The Bertz CT molecular complexity index is 734. The molecular weight excluding hydrogens is 366 g/mol. The van der Waals surface area contributed by atoms with Crippen molar-refractivity contribution in [3.8, 4) is 0 Å². The van der Waals surface area contributed by atoms with Crippen LogP contribution in [0.1, 0.15) is 25.0 Å². The topological polar surface area (TPSA) is 57.5 Å². The van der Waals surface area contributed by atoms with Gasteiger partial charge in [0.2, 0.25) is 5.91 Å². The van der Waals surface area contributed by atoms with E-state index < -0.39 is 0 Å². The summed E-state index contributed by atoms with van der Waals surface area (Å²) in [6, 6.07) is 11.7. The summed E-state index contributed by atoms with van der Waals surface area (Å²) < 4.78 is 5.31. The number of carbonyl (C=O) groups excluding carboxylic acids is 1. The number of carbonyl (C=O) groups is 1. The molecule has 3 rings (SSSR count). The van der Waals surface area contributed by atoms with E-state index in [2.05, 4.69) is 10.6 Å². The first-order chi connectivity index (χ1) is 12.7. The number of thiocarbonyl (C=S) groups is 1. The molecule has 1 saturated heterocycles. The number of nitrogens with one attached hydrogen (secondary N) is 2. The van der Waals surface area contributed by atoms with Crippen molar-refractivity contribution in [2.24, 2.45) is 0 Å². The standard InChI is InChI=1S/C19H23N3O2S2/c23-18-8-2-10-22(18)16-6-1-5-15(13-16)21-19(25)20-9-4-12-26-14-17-7-3-11-24-17/h1,3,5-7,11,13H,2,4,8-10,12,14H2,(H2,20,21,25). The van der Waals surface area contributed by atoms with Crippen molar-refractivity contribution in [1.82, 2.24) is 5.32 Å². The summed E-state index contributed by atoms with van der Waals surface area (Å²) in [5.74, 6) is 3.15. The molecule has 0 spiro atoms. The van der Waals surface area contributed by atoms with Crippen LogP contribution in [0, 0.1) is 0 Å². The van der Waals surface area contributed by atoms with Gasteiger partial charge in [-0.1, -0.05) is 6.07 Å². The molecule has 1 fully saturated rings. The van der Waals surface area contributed by atoms with E-state index in [-0.39, 0.29) is 5.91 Å². The fourth-order valence-electron chi connectivity index (χ4n) is 2.79. The van der Waals surface area contributed by atoms with Crippen molar-refractivity contribution in [3.05, 3.63) is 48.4 Å². The Morgan fingerprint density at radius 2 is 2.23 bits per heavy atom. The summed E-state index contributed by atoms with van der Waals surface area (Å²) in [5, 5.41) is 7.02. The number of furan rings is 1. The van der Waals surface area contributed by atoms with Gasteiger partial charge < -0.3 is 20.0 Å². The Hall–Kier alpha value is -1.99. The van der Waals surface area contributed by atoms with Crippen LogP contribution in [-0.2, 0) is 10.5 Å². The number of hydrogen-bond acceptors (Lipinski definition) is 4. The maximum Gasteiger partial charge on any atom is 0.227 e. The minimum atomic E-state index is 0.190. The molecule has 1 aliphatic heterocycles. The maximum absolute atomic E-state index is 11.9. The molecule has 0 radical (unpaired) electrons. The summed E-state index contributed by atoms with van der Waals surface area (Å²) in [4.78, 5) is 13.7. The van der Waals surface area contributed by atoms with Gasteiger partial charge in [0.1, 0.15) is 5.76 Å². The van der Waals surface area contributed by atoms with E-state index >= 15 is 0 Å². The number of thioether (sulfide) groups is 1. The van der Waals surface area contributed by atoms with E-state index in [0.717, 1.165) is 54.6 Å². The third-order valence-electron chi connectivity index (χ3n) is 4.06.